The summed E-state index contributed by atoms with van der Waals surface area (Å²) in [5, 5.41) is 13.4. The molecule has 7 nitrogen and oxygen atoms in total. The van der Waals surface area contributed by atoms with Gasteiger partial charge in [0.1, 0.15) is 11.6 Å². The van der Waals surface area contributed by atoms with Crippen molar-refractivity contribution in [1.29, 1.82) is 0 Å². The topological polar surface area (TPSA) is 88.8 Å². The fraction of sp³-hybridized carbons (Fsp3) is 0. The van der Waals surface area contributed by atoms with Crippen LogP contribution in [0.3, 0.4) is 0 Å². The molecule has 0 amide bonds. The molecule has 0 radical (unpaired) electrons. The second kappa shape index (κ2) is 6.11. The van der Waals surface area contributed by atoms with E-state index >= 15 is 0 Å². The predicted octanol–water partition coefficient (Wildman–Crippen LogP) is 3.78. The average Bonchev–Trinajstić information content (AvgIpc) is 3.06. The number of benzene rings is 2. The van der Waals surface area contributed by atoms with Gasteiger partial charge >= 0.3 is 0 Å². The summed E-state index contributed by atoms with van der Waals surface area (Å²) in [6.45, 7) is 0. The molecular weight excluding hydrogens is 330 g/mol. The summed E-state index contributed by atoms with van der Waals surface area (Å²) >= 11 is 0. The summed E-state index contributed by atoms with van der Waals surface area (Å²) in [4.78, 5) is 8.59. The minimum atomic E-state index is -0.350. The number of hydrogen-bond acceptors (Lipinski definition) is 7. The third-order valence-corrected chi connectivity index (χ3v) is 3.33. The van der Waals surface area contributed by atoms with Crippen LogP contribution in [0, 0.1) is 11.6 Å². The van der Waals surface area contributed by atoms with Crippen molar-refractivity contribution >= 4 is 34.3 Å². The van der Waals surface area contributed by atoms with Crippen LogP contribution in [0.15, 0.2) is 53.2 Å². The summed E-state index contributed by atoms with van der Waals surface area (Å²) in [6, 6.07) is 11.5. The minimum absolute atomic E-state index is 0.217. The predicted molar refractivity (Wildman–Crippen MR) is 86.8 cm³/mol. The van der Waals surface area contributed by atoms with Crippen LogP contribution in [0.25, 0.3) is 11.3 Å². The van der Waals surface area contributed by atoms with Gasteiger partial charge in [0.05, 0.1) is 0 Å². The maximum Gasteiger partial charge on any atom is 0.245 e. The lowest BCUT2D eigenvalue weighted by molar-refractivity contribution is 0.314. The van der Waals surface area contributed by atoms with Crippen molar-refractivity contribution < 1.29 is 13.4 Å². The molecule has 0 spiro atoms. The van der Waals surface area contributed by atoms with E-state index in [1.54, 1.807) is 24.3 Å². The van der Waals surface area contributed by atoms with E-state index in [0.717, 1.165) is 0 Å². The molecule has 0 saturated heterocycles. The second-order valence-electron chi connectivity index (χ2n) is 5.10. The van der Waals surface area contributed by atoms with E-state index in [-0.39, 0.29) is 22.9 Å². The van der Waals surface area contributed by atoms with Gasteiger partial charge in [-0.1, -0.05) is 0 Å². The summed E-state index contributed by atoms with van der Waals surface area (Å²) in [7, 11) is 0. The number of hydrogen-bond donors (Lipinski definition) is 2. The lowest BCUT2D eigenvalue weighted by Gasteiger charge is -2.11. The number of halogens is 2. The van der Waals surface area contributed by atoms with Crippen molar-refractivity contribution in [3.05, 3.63) is 60.2 Å². The Kier molecular flexibility index (Phi) is 3.65. The Bertz CT molecular complexity index is 936. The monoisotopic (exact) mass is 340 g/mol. The van der Waals surface area contributed by atoms with Crippen molar-refractivity contribution in [1.82, 2.24) is 20.3 Å². The molecule has 0 fully saturated rings. The lowest BCUT2D eigenvalue weighted by atomic mass is 10.3. The lowest BCUT2D eigenvalue weighted by Crippen LogP contribution is -2.03. The Morgan fingerprint density at radius 1 is 0.640 bits per heavy atom. The van der Waals surface area contributed by atoms with Gasteiger partial charge in [0.2, 0.25) is 11.3 Å². The highest BCUT2D eigenvalue weighted by Crippen LogP contribution is 2.26. The molecule has 2 heterocycles. The number of fused-ring (bicyclic) bond motifs is 1. The van der Waals surface area contributed by atoms with E-state index < -0.39 is 0 Å². The van der Waals surface area contributed by atoms with Crippen LogP contribution in [0.5, 0.6) is 0 Å². The number of nitrogens with one attached hydrogen (secondary N) is 2. The number of nitrogens with zero attached hydrogens (tertiary/aromatic N) is 4. The third kappa shape index (κ3) is 3.20. The van der Waals surface area contributed by atoms with E-state index in [1.807, 2.05) is 0 Å². The molecule has 4 aromatic rings. The van der Waals surface area contributed by atoms with Crippen molar-refractivity contribution in [2.24, 2.45) is 0 Å². The standard InChI is InChI=1S/C16H10F2N6O/c17-9-1-5-11(6-2-9)19-13-14(20-12-7-3-10(18)4-8-12)22-16-15(21-13)23-25-24-16/h1-8H,(H,19,21,23)(H,20,22,24). The van der Waals surface area contributed by atoms with Crippen LogP contribution in [0.4, 0.5) is 31.8 Å². The first-order valence-corrected chi connectivity index (χ1v) is 7.23. The Hall–Kier alpha value is -3.62. The van der Waals surface area contributed by atoms with Gasteiger partial charge in [-0.3, -0.25) is 0 Å². The van der Waals surface area contributed by atoms with Gasteiger partial charge in [0, 0.05) is 11.4 Å². The van der Waals surface area contributed by atoms with E-state index in [9.17, 15) is 8.78 Å². The fourth-order valence-corrected chi connectivity index (χ4v) is 2.15. The van der Waals surface area contributed by atoms with Gasteiger partial charge in [-0.05, 0) is 58.8 Å². The van der Waals surface area contributed by atoms with Gasteiger partial charge in [-0.2, -0.15) is 0 Å². The van der Waals surface area contributed by atoms with Gasteiger partial charge in [0.25, 0.3) is 0 Å². The van der Waals surface area contributed by atoms with Crippen LogP contribution in [-0.4, -0.2) is 20.3 Å². The molecule has 124 valence electrons. The van der Waals surface area contributed by atoms with Gasteiger partial charge in [0.15, 0.2) is 11.6 Å². The van der Waals surface area contributed by atoms with Crippen LogP contribution in [0.1, 0.15) is 0 Å². The second-order valence-corrected chi connectivity index (χ2v) is 5.10. The Labute approximate surface area is 139 Å². The number of anilines is 4. The zero-order valence-corrected chi connectivity index (χ0v) is 12.6. The maximum absolute atomic E-state index is 13.1. The zero-order valence-electron chi connectivity index (χ0n) is 12.6. The van der Waals surface area contributed by atoms with Crippen LogP contribution in [0.2, 0.25) is 0 Å². The van der Waals surface area contributed by atoms with Crippen molar-refractivity contribution in [2.45, 2.75) is 0 Å². The molecule has 0 saturated carbocycles. The van der Waals surface area contributed by atoms with E-state index in [4.69, 9.17) is 0 Å². The molecule has 2 aromatic heterocycles. The highest BCUT2D eigenvalue weighted by molar-refractivity contribution is 5.78. The van der Waals surface area contributed by atoms with Gasteiger partial charge in [-0.15, -0.1) is 0 Å². The normalized spacial score (nSPS) is 10.8. The van der Waals surface area contributed by atoms with E-state index in [1.165, 1.54) is 24.3 Å². The summed E-state index contributed by atoms with van der Waals surface area (Å²) in [5.41, 5.74) is 1.64. The smallest absolute Gasteiger partial charge is 0.245 e. The van der Waals surface area contributed by atoms with Crippen LogP contribution in [-0.2, 0) is 0 Å². The molecule has 9 heteroatoms. The van der Waals surface area contributed by atoms with E-state index in [2.05, 4.69) is 35.5 Å². The molecule has 0 aliphatic rings. The molecule has 0 aliphatic carbocycles. The Morgan fingerprint density at radius 3 is 1.44 bits per heavy atom. The number of aromatic nitrogens is 4. The van der Waals surface area contributed by atoms with E-state index in [0.29, 0.717) is 23.0 Å². The molecule has 0 aliphatic heterocycles. The molecule has 0 atom stereocenters. The van der Waals surface area contributed by atoms with Crippen LogP contribution >= 0.6 is 0 Å². The minimum Gasteiger partial charge on any atom is -0.337 e. The summed E-state index contributed by atoms with van der Waals surface area (Å²) < 4.78 is 30.8. The number of rotatable bonds is 4. The first kappa shape index (κ1) is 14.9. The molecule has 25 heavy (non-hydrogen) atoms. The highest BCUT2D eigenvalue weighted by atomic mass is 19.1. The van der Waals surface area contributed by atoms with Gasteiger partial charge in [-0.25, -0.2) is 23.4 Å². The Morgan fingerprint density at radius 2 is 1.04 bits per heavy atom. The molecule has 2 aromatic carbocycles. The molecular formula is C16H10F2N6O. The summed E-state index contributed by atoms with van der Waals surface area (Å²) in [5.74, 6) is -0.0341. The maximum atomic E-state index is 13.1. The third-order valence-electron chi connectivity index (χ3n) is 3.33. The van der Waals surface area contributed by atoms with Crippen LogP contribution < -0.4 is 10.6 Å². The molecule has 0 bridgehead atoms. The van der Waals surface area contributed by atoms with Gasteiger partial charge < -0.3 is 10.6 Å². The highest BCUT2D eigenvalue weighted by Gasteiger charge is 2.13. The quantitative estimate of drug-likeness (QED) is 0.584. The first-order chi connectivity index (χ1) is 12.2. The molecule has 0 unspecified atom stereocenters. The first-order valence-electron chi connectivity index (χ1n) is 7.23. The Balaban J connectivity index is 1.72. The molecule has 2 N–H and O–H groups in total. The van der Waals surface area contributed by atoms with Crippen molar-refractivity contribution in [2.75, 3.05) is 10.6 Å². The van der Waals surface area contributed by atoms with Crippen molar-refractivity contribution in [3.8, 4) is 0 Å². The summed E-state index contributed by atoms with van der Waals surface area (Å²) in [6.07, 6.45) is 0. The fourth-order valence-electron chi connectivity index (χ4n) is 2.15. The average molecular weight is 340 g/mol. The van der Waals surface area contributed by atoms with Crippen molar-refractivity contribution in [3.63, 3.8) is 0 Å². The largest absolute Gasteiger partial charge is 0.337 e. The zero-order chi connectivity index (χ0) is 17.2. The molecule has 4 rings (SSSR count). The SMILES string of the molecule is Fc1ccc(Nc2nc3nonc3nc2Nc2ccc(F)cc2)cc1.